The van der Waals surface area contributed by atoms with E-state index in [1.807, 2.05) is 17.0 Å². The number of methoxy groups -OCH3 is 2. The number of hydrogen-bond donors (Lipinski definition) is 2. The van der Waals surface area contributed by atoms with Crippen LogP contribution in [0, 0.1) is 0 Å². The molecule has 0 radical (unpaired) electrons. The Hall–Kier alpha value is -2.10. The molecule has 9 nitrogen and oxygen atoms in total. The lowest BCUT2D eigenvalue weighted by molar-refractivity contribution is 0.402. The average Bonchev–Trinajstić information content (AvgIpc) is 3.06. The van der Waals surface area contributed by atoms with Crippen LogP contribution in [0.1, 0.15) is 5.56 Å². The summed E-state index contributed by atoms with van der Waals surface area (Å²) in [5, 5.41) is 11.5. The number of hydrazone groups is 1. The van der Waals surface area contributed by atoms with Crippen LogP contribution in [0.4, 0.5) is 11.6 Å². The molecular weight excluding hydrogens is 417 g/mol. The van der Waals surface area contributed by atoms with Gasteiger partial charge in [0.05, 0.1) is 26.1 Å². The van der Waals surface area contributed by atoms with E-state index in [9.17, 15) is 0 Å². The maximum atomic E-state index is 5.90. The monoisotopic (exact) mass is 437 g/mol. The van der Waals surface area contributed by atoms with Crippen LogP contribution >= 0.6 is 35.6 Å². The molecule has 150 valence electrons. The molecule has 0 bridgehead atoms. The predicted octanol–water partition coefficient (Wildman–Crippen LogP) is 2.16. The average molecular weight is 439 g/mol. The van der Waals surface area contributed by atoms with Crippen molar-refractivity contribution in [3.8, 4) is 11.5 Å². The van der Waals surface area contributed by atoms with Crippen molar-refractivity contribution in [1.82, 2.24) is 14.9 Å². The minimum atomic E-state index is 0. The number of anilines is 2. The largest absolute Gasteiger partial charge is 0.496 e. The Kier molecular flexibility index (Phi) is 9.84. The summed E-state index contributed by atoms with van der Waals surface area (Å²) in [6.45, 7) is 1.27. The first-order valence-corrected chi connectivity index (χ1v) is 8.78. The van der Waals surface area contributed by atoms with E-state index in [1.54, 1.807) is 20.4 Å². The lowest BCUT2D eigenvalue weighted by Crippen LogP contribution is -2.28. The molecule has 12 heteroatoms. The van der Waals surface area contributed by atoms with E-state index in [1.165, 1.54) is 11.0 Å². The molecule has 1 heterocycles. The number of ether oxygens (including phenoxy) is 2. The molecule has 0 saturated heterocycles. The third-order valence-electron chi connectivity index (χ3n) is 3.52. The summed E-state index contributed by atoms with van der Waals surface area (Å²) >= 11 is 11.8. The number of benzene rings is 1. The van der Waals surface area contributed by atoms with Gasteiger partial charge in [0.25, 0.3) is 5.95 Å². The summed E-state index contributed by atoms with van der Waals surface area (Å²) in [6, 6.07) is 3.69. The van der Waals surface area contributed by atoms with E-state index >= 15 is 0 Å². The van der Waals surface area contributed by atoms with Crippen molar-refractivity contribution < 1.29 is 9.47 Å². The summed E-state index contributed by atoms with van der Waals surface area (Å²) in [6.07, 6.45) is 2.94. The zero-order valence-electron chi connectivity index (χ0n) is 14.9. The van der Waals surface area contributed by atoms with E-state index < -0.39 is 0 Å². The third kappa shape index (κ3) is 5.95. The van der Waals surface area contributed by atoms with Gasteiger partial charge in [-0.05, 0) is 6.07 Å². The number of hydrogen-bond acceptors (Lipinski definition) is 8. The maximum Gasteiger partial charge on any atom is 0.263 e. The van der Waals surface area contributed by atoms with Crippen LogP contribution in [0.15, 0.2) is 23.6 Å². The molecule has 0 atom stereocenters. The first-order valence-electron chi connectivity index (χ1n) is 7.71. The lowest BCUT2D eigenvalue weighted by atomic mass is 10.1. The summed E-state index contributed by atoms with van der Waals surface area (Å²) in [4.78, 5) is 2.04. The summed E-state index contributed by atoms with van der Waals surface area (Å²) in [7, 11) is 3.18. The van der Waals surface area contributed by atoms with Crippen molar-refractivity contribution >= 4 is 53.5 Å². The maximum absolute atomic E-state index is 5.90. The summed E-state index contributed by atoms with van der Waals surface area (Å²) < 4.78 is 12.2. The molecule has 0 fully saturated rings. The summed E-state index contributed by atoms with van der Waals surface area (Å²) in [5.74, 6) is 8.13. The number of halogens is 3. The van der Waals surface area contributed by atoms with Crippen molar-refractivity contribution in [2.45, 2.75) is 0 Å². The number of nitrogen functional groups attached to an aromatic ring is 1. The minimum Gasteiger partial charge on any atom is -0.496 e. The molecule has 0 amide bonds. The van der Waals surface area contributed by atoms with Crippen molar-refractivity contribution in [2.24, 2.45) is 5.10 Å². The highest BCUT2D eigenvalue weighted by molar-refractivity contribution is 6.18. The Balaban J connectivity index is 0.00000364. The third-order valence-corrected chi connectivity index (χ3v) is 3.86. The molecule has 0 aliphatic heterocycles. The number of nitrogens with two attached hydrogens (primary N) is 1. The second-order valence-corrected chi connectivity index (χ2v) is 5.82. The van der Waals surface area contributed by atoms with Crippen molar-refractivity contribution in [2.75, 3.05) is 55.2 Å². The van der Waals surface area contributed by atoms with Gasteiger partial charge in [-0.3, -0.25) is 0 Å². The topological polar surface area (TPSA) is 103 Å². The van der Waals surface area contributed by atoms with Gasteiger partial charge in [-0.2, -0.15) is 5.10 Å². The highest BCUT2D eigenvalue weighted by Crippen LogP contribution is 2.35. The Bertz CT molecular complexity index is 736. The van der Waals surface area contributed by atoms with Gasteiger partial charge in [0, 0.05) is 36.5 Å². The van der Waals surface area contributed by atoms with E-state index in [0.717, 1.165) is 5.69 Å². The number of aromatic nitrogens is 3. The van der Waals surface area contributed by atoms with Crippen LogP contribution < -0.4 is 25.6 Å². The Morgan fingerprint density at radius 3 is 2.41 bits per heavy atom. The van der Waals surface area contributed by atoms with Gasteiger partial charge in [0.1, 0.15) is 17.8 Å². The number of nitrogens with one attached hydrogen (secondary N) is 1. The van der Waals surface area contributed by atoms with Crippen LogP contribution in [0.2, 0.25) is 0 Å². The smallest absolute Gasteiger partial charge is 0.263 e. The van der Waals surface area contributed by atoms with Gasteiger partial charge in [-0.25, -0.2) is 10.1 Å². The molecule has 0 unspecified atom stereocenters. The second kappa shape index (κ2) is 11.6. The van der Waals surface area contributed by atoms with Crippen LogP contribution in [0.3, 0.4) is 0 Å². The Morgan fingerprint density at radius 1 is 1.22 bits per heavy atom. The fraction of sp³-hybridized carbons (Fsp3) is 0.400. The highest BCUT2D eigenvalue weighted by atomic mass is 35.5. The van der Waals surface area contributed by atoms with Crippen molar-refractivity contribution in [1.29, 1.82) is 0 Å². The van der Waals surface area contributed by atoms with Gasteiger partial charge in [-0.15, -0.1) is 45.8 Å². The molecule has 2 aromatic rings. The zero-order valence-corrected chi connectivity index (χ0v) is 17.3. The first kappa shape index (κ1) is 22.9. The number of nitrogens with zero attached hydrogens (tertiary/aromatic N) is 5. The summed E-state index contributed by atoms with van der Waals surface area (Å²) in [5.41, 5.74) is 4.25. The molecule has 27 heavy (non-hydrogen) atoms. The SMILES string of the molecule is COc1cc(N(CCCl)CCCl)c(OC)cc1/C=N\Nc1nncn1N.Cl. The second-order valence-electron chi connectivity index (χ2n) is 5.06. The van der Waals surface area contributed by atoms with E-state index in [-0.39, 0.29) is 12.4 Å². The van der Waals surface area contributed by atoms with Crippen LogP contribution in [0.25, 0.3) is 0 Å². The predicted molar refractivity (Wildman–Crippen MR) is 112 cm³/mol. The molecule has 0 saturated carbocycles. The fourth-order valence-electron chi connectivity index (χ4n) is 2.29. The molecule has 0 aliphatic carbocycles. The van der Waals surface area contributed by atoms with Gasteiger partial charge in [0.2, 0.25) is 0 Å². The van der Waals surface area contributed by atoms with Crippen LogP contribution in [-0.4, -0.2) is 60.2 Å². The minimum absolute atomic E-state index is 0. The number of alkyl halides is 2. The fourth-order valence-corrected chi connectivity index (χ4v) is 2.70. The van der Waals surface area contributed by atoms with E-state index in [4.69, 9.17) is 38.5 Å². The van der Waals surface area contributed by atoms with E-state index in [0.29, 0.717) is 47.9 Å². The van der Waals surface area contributed by atoms with Crippen LogP contribution in [0.5, 0.6) is 11.5 Å². The quantitative estimate of drug-likeness (QED) is 0.253. The van der Waals surface area contributed by atoms with Gasteiger partial charge < -0.3 is 20.2 Å². The van der Waals surface area contributed by atoms with Gasteiger partial charge >= 0.3 is 0 Å². The standard InChI is InChI=1S/C15H21Cl2N7O2.ClH/c1-25-13-8-12(23(5-3-16)6-4-17)14(26-2)7-11(13)9-19-21-15-22-20-10-24(15)18;/h7-10H,3-6,18H2,1-2H3,(H,21,22);1H/b19-9-;. The van der Waals surface area contributed by atoms with Gasteiger partial charge in [0.15, 0.2) is 0 Å². The van der Waals surface area contributed by atoms with Crippen molar-refractivity contribution in [3.63, 3.8) is 0 Å². The van der Waals surface area contributed by atoms with Gasteiger partial charge in [-0.1, -0.05) is 0 Å². The Morgan fingerprint density at radius 2 is 1.89 bits per heavy atom. The highest BCUT2D eigenvalue weighted by Gasteiger charge is 2.16. The first-order chi connectivity index (χ1) is 12.6. The molecule has 0 aliphatic rings. The molecule has 2 rings (SSSR count). The normalized spacial score (nSPS) is 10.5. The molecule has 1 aromatic heterocycles. The molecular formula is C15H22Cl3N7O2. The number of rotatable bonds is 10. The van der Waals surface area contributed by atoms with Crippen molar-refractivity contribution in [3.05, 3.63) is 24.0 Å². The molecule has 3 N–H and O–H groups in total. The zero-order chi connectivity index (χ0) is 18.9. The molecule has 0 spiro atoms. The van der Waals surface area contributed by atoms with Crippen LogP contribution in [-0.2, 0) is 0 Å². The lowest BCUT2D eigenvalue weighted by Gasteiger charge is -2.26. The van der Waals surface area contributed by atoms with E-state index in [2.05, 4.69) is 20.7 Å². The molecule has 1 aromatic carbocycles. The Labute approximate surface area is 173 Å².